The maximum Gasteiger partial charge on any atom is 0.249 e. The molecule has 3 nitrogen and oxygen atoms in total. The first-order valence-corrected chi connectivity index (χ1v) is 4.75. The number of pyridine rings is 1. The molecule has 0 unspecified atom stereocenters. The number of benzene rings is 1. The summed E-state index contributed by atoms with van der Waals surface area (Å²) in [5, 5.41) is 0. The Hall–Kier alpha value is -2.03. The molecule has 0 atom stereocenters. The monoisotopic (exact) mass is 200 g/mol. The zero-order valence-corrected chi connectivity index (χ0v) is 8.47. The van der Waals surface area contributed by atoms with Crippen LogP contribution in [0.1, 0.15) is 0 Å². The van der Waals surface area contributed by atoms with Crippen molar-refractivity contribution in [3.63, 3.8) is 0 Å². The van der Waals surface area contributed by atoms with Crippen molar-refractivity contribution in [1.82, 2.24) is 4.98 Å². The Morgan fingerprint density at radius 1 is 1.00 bits per heavy atom. The molecule has 15 heavy (non-hydrogen) atoms. The lowest BCUT2D eigenvalue weighted by atomic mass is 10.3. The molecule has 0 aliphatic carbocycles. The lowest BCUT2D eigenvalue weighted by Gasteiger charge is -2.18. The van der Waals surface area contributed by atoms with E-state index in [1.165, 1.54) is 6.07 Å². The van der Waals surface area contributed by atoms with Crippen LogP contribution in [0.25, 0.3) is 0 Å². The smallest absolute Gasteiger partial charge is 0.249 e. The maximum absolute atomic E-state index is 11.1. The average molecular weight is 200 g/mol. The molecular formula is C12H12N2O. The van der Waals surface area contributed by atoms with E-state index in [1.54, 1.807) is 6.07 Å². The highest BCUT2D eigenvalue weighted by Gasteiger charge is 2.02. The molecule has 1 heterocycles. The summed E-state index contributed by atoms with van der Waals surface area (Å²) in [6.45, 7) is 0. The van der Waals surface area contributed by atoms with Gasteiger partial charge in [-0.2, -0.15) is 0 Å². The zero-order chi connectivity index (χ0) is 10.7. The van der Waals surface area contributed by atoms with Gasteiger partial charge in [-0.25, -0.2) is 0 Å². The third kappa shape index (κ3) is 2.07. The Morgan fingerprint density at radius 3 is 2.40 bits per heavy atom. The van der Waals surface area contributed by atoms with Crippen molar-refractivity contribution in [3.8, 4) is 0 Å². The van der Waals surface area contributed by atoms with Crippen molar-refractivity contribution < 1.29 is 0 Å². The summed E-state index contributed by atoms with van der Waals surface area (Å²) in [6, 6.07) is 15.0. The lowest BCUT2D eigenvalue weighted by Crippen LogP contribution is -2.15. The first kappa shape index (κ1) is 9.52. The summed E-state index contributed by atoms with van der Waals surface area (Å²) in [7, 11) is 1.92. The Labute approximate surface area is 88.0 Å². The van der Waals surface area contributed by atoms with Crippen LogP contribution in [-0.2, 0) is 0 Å². The highest BCUT2D eigenvalue weighted by Crippen LogP contribution is 2.19. The number of H-pyrrole nitrogens is 1. The summed E-state index contributed by atoms with van der Waals surface area (Å²) in [6.07, 6.45) is 0. The molecule has 2 rings (SSSR count). The number of nitrogens with zero attached hydrogens (tertiary/aromatic N) is 1. The maximum atomic E-state index is 11.1. The molecule has 1 N–H and O–H groups in total. The van der Waals surface area contributed by atoms with Crippen molar-refractivity contribution in [2.24, 2.45) is 0 Å². The Balaban J connectivity index is 2.37. The fraction of sp³-hybridized carbons (Fsp3) is 0.0833. The third-order valence-corrected chi connectivity index (χ3v) is 2.26. The molecule has 0 saturated carbocycles. The van der Waals surface area contributed by atoms with Crippen LogP contribution in [0, 0.1) is 0 Å². The fourth-order valence-corrected chi connectivity index (χ4v) is 1.42. The molecule has 0 amide bonds. The van der Waals surface area contributed by atoms with Crippen LogP contribution in [0.5, 0.6) is 0 Å². The van der Waals surface area contributed by atoms with E-state index in [0.29, 0.717) is 0 Å². The number of hydrogen-bond donors (Lipinski definition) is 1. The number of nitrogens with one attached hydrogen (secondary N) is 1. The highest BCUT2D eigenvalue weighted by atomic mass is 16.1. The van der Waals surface area contributed by atoms with E-state index in [0.717, 1.165) is 11.5 Å². The van der Waals surface area contributed by atoms with E-state index in [4.69, 9.17) is 0 Å². The molecule has 1 aromatic heterocycles. The quantitative estimate of drug-likeness (QED) is 0.806. The third-order valence-electron chi connectivity index (χ3n) is 2.26. The van der Waals surface area contributed by atoms with Crippen molar-refractivity contribution >= 4 is 11.5 Å². The van der Waals surface area contributed by atoms with Crippen LogP contribution in [0.2, 0.25) is 0 Å². The minimum atomic E-state index is -0.0877. The summed E-state index contributed by atoms with van der Waals surface area (Å²) in [4.78, 5) is 15.9. The van der Waals surface area contributed by atoms with Gasteiger partial charge in [-0.05, 0) is 18.2 Å². The first-order chi connectivity index (χ1) is 7.27. The number of para-hydroxylation sites is 1. The van der Waals surface area contributed by atoms with Crippen LogP contribution in [0.3, 0.4) is 0 Å². The van der Waals surface area contributed by atoms with Gasteiger partial charge in [0.1, 0.15) is 5.82 Å². The van der Waals surface area contributed by atoms with E-state index in [-0.39, 0.29) is 5.56 Å². The number of aromatic amines is 1. The minimum absolute atomic E-state index is 0.0877. The van der Waals surface area contributed by atoms with Gasteiger partial charge in [-0.1, -0.05) is 24.3 Å². The Morgan fingerprint density at radius 2 is 1.73 bits per heavy atom. The molecule has 0 saturated heterocycles. The SMILES string of the molecule is CN(c1ccccc1)c1cccc(=O)[nH]1. The topological polar surface area (TPSA) is 36.1 Å². The number of anilines is 2. The first-order valence-electron chi connectivity index (χ1n) is 4.75. The van der Waals surface area contributed by atoms with Crippen LogP contribution in [0.15, 0.2) is 53.3 Å². The second-order valence-corrected chi connectivity index (χ2v) is 3.29. The molecule has 2 aromatic rings. The molecule has 3 heteroatoms. The second-order valence-electron chi connectivity index (χ2n) is 3.29. The lowest BCUT2D eigenvalue weighted by molar-refractivity contribution is 1.10. The molecule has 0 fully saturated rings. The Bertz CT molecular complexity index is 490. The van der Waals surface area contributed by atoms with Gasteiger partial charge in [-0.15, -0.1) is 0 Å². The number of aromatic nitrogens is 1. The summed E-state index contributed by atoms with van der Waals surface area (Å²) < 4.78 is 0. The van der Waals surface area contributed by atoms with Crippen molar-refractivity contribution in [3.05, 3.63) is 58.9 Å². The molecule has 0 bridgehead atoms. The van der Waals surface area contributed by atoms with Gasteiger partial charge < -0.3 is 9.88 Å². The standard InChI is InChI=1S/C12H12N2O/c1-14(10-6-3-2-4-7-10)11-8-5-9-12(15)13-11/h2-9H,1H3,(H,13,15). The number of hydrogen-bond acceptors (Lipinski definition) is 2. The van der Waals surface area contributed by atoms with Gasteiger partial charge >= 0.3 is 0 Å². The van der Waals surface area contributed by atoms with Gasteiger partial charge in [0.05, 0.1) is 0 Å². The second kappa shape index (κ2) is 4.00. The van der Waals surface area contributed by atoms with Crippen molar-refractivity contribution in [2.45, 2.75) is 0 Å². The van der Waals surface area contributed by atoms with E-state index in [9.17, 15) is 4.79 Å². The van der Waals surface area contributed by atoms with Crippen LogP contribution in [0.4, 0.5) is 11.5 Å². The molecule has 76 valence electrons. The summed E-state index contributed by atoms with van der Waals surface area (Å²) in [5.41, 5.74) is 0.953. The Kier molecular flexibility index (Phi) is 2.54. The van der Waals surface area contributed by atoms with Crippen molar-refractivity contribution in [2.75, 3.05) is 11.9 Å². The molecule has 1 aromatic carbocycles. The molecule has 0 aliphatic rings. The predicted molar refractivity (Wildman–Crippen MR) is 61.6 cm³/mol. The van der Waals surface area contributed by atoms with Gasteiger partial charge in [0.25, 0.3) is 0 Å². The molecule has 0 spiro atoms. The van der Waals surface area contributed by atoms with E-state index in [2.05, 4.69) is 4.98 Å². The normalized spacial score (nSPS) is 9.93. The molecular weight excluding hydrogens is 188 g/mol. The van der Waals surface area contributed by atoms with Crippen molar-refractivity contribution in [1.29, 1.82) is 0 Å². The van der Waals surface area contributed by atoms with E-state index in [1.807, 2.05) is 48.3 Å². The average Bonchev–Trinajstić information content (AvgIpc) is 2.29. The summed E-state index contributed by atoms with van der Waals surface area (Å²) >= 11 is 0. The van der Waals surface area contributed by atoms with E-state index >= 15 is 0 Å². The molecule has 0 aliphatic heterocycles. The zero-order valence-electron chi connectivity index (χ0n) is 8.47. The van der Waals surface area contributed by atoms with Crippen LogP contribution < -0.4 is 10.5 Å². The van der Waals surface area contributed by atoms with Gasteiger partial charge in [0.2, 0.25) is 5.56 Å². The minimum Gasteiger partial charge on any atom is -0.331 e. The summed E-state index contributed by atoms with van der Waals surface area (Å²) in [5.74, 6) is 0.786. The van der Waals surface area contributed by atoms with Crippen LogP contribution in [-0.4, -0.2) is 12.0 Å². The fourth-order valence-electron chi connectivity index (χ4n) is 1.42. The van der Waals surface area contributed by atoms with Gasteiger partial charge in [-0.3, -0.25) is 4.79 Å². The molecule has 0 radical (unpaired) electrons. The van der Waals surface area contributed by atoms with Crippen LogP contribution >= 0.6 is 0 Å². The van der Waals surface area contributed by atoms with Gasteiger partial charge in [0, 0.05) is 18.8 Å². The largest absolute Gasteiger partial charge is 0.331 e. The predicted octanol–water partition coefficient (Wildman–Crippen LogP) is 2.14. The van der Waals surface area contributed by atoms with E-state index < -0.39 is 0 Å². The number of rotatable bonds is 2. The highest BCUT2D eigenvalue weighted by molar-refractivity contribution is 5.58. The van der Waals surface area contributed by atoms with Gasteiger partial charge in [0.15, 0.2) is 0 Å².